The minimum Gasteiger partial charge on any atom is -0.324 e. The number of aromatic nitrogens is 1. The highest BCUT2D eigenvalue weighted by Crippen LogP contribution is 2.47. The molecule has 0 spiro atoms. The molecule has 1 aromatic carbocycles. The summed E-state index contributed by atoms with van der Waals surface area (Å²) in [6, 6.07) is 14.1. The Morgan fingerprint density at radius 1 is 1.05 bits per heavy atom. The van der Waals surface area contributed by atoms with Gasteiger partial charge in [-0.2, -0.15) is 0 Å². The zero-order chi connectivity index (χ0) is 14.2. The Balaban J connectivity index is 1.68. The highest BCUT2D eigenvalue weighted by atomic mass is 15.2. The second-order valence-corrected chi connectivity index (χ2v) is 6.17. The van der Waals surface area contributed by atoms with E-state index in [0.717, 1.165) is 13.0 Å². The van der Waals surface area contributed by atoms with Crippen molar-refractivity contribution in [1.29, 1.82) is 0 Å². The Hall–Kier alpha value is -1.71. The Morgan fingerprint density at radius 3 is 2.71 bits per heavy atom. The first kappa shape index (κ1) is 13.0. The SMILES string of the molecule is NC1CC(N2CCCC2c2cccnc2)c2ccccc21. The zero-order valence-corrected chi connectivity index (χ0v) is 12.2. The predicted octanol–water partition coefficient (Wildman–Crippen LogP) is 3.36. The molecule has 3 heteroatoms. The molecule has 2 N–H and O–H groups in total. The van der Waals surface area contributed by atoms with Crippen LogP contribution in [0.2, 0.25) is 0 Å². The molecule has 0 amide bonds. The van der Waals surface area contributed by atoms with Gasteiger partial charge in [0.1, 0.15) is 0 Å². The van der Waals surface area contributed by atoms with Gasteiger partial charge in [-0.25, -0.2) is 0 Å². The molecule has 1 saturated heterocycles. The molecule has 0 bridgehead atoms. The van der Waals surface area contributed by atoms with Gasteiger partial charge in [-0.3, -0.25) is 9.88 Å². The first-order chi connectivity index (χ1) is 10.3. The lowest BCUT2D eigenvalue weighted by Crippen LogP contribution is -2.27. The minimum absolute atomic E-state index is 0.182. The van der Waals surface area contributed by atoms with Crippen molar-refractivity contribution in [1.82, 2.24) is 9.88 Å². The van der Waals surface area contributed by atoms with Crippen LogP contribution in [0, 0.1) is 0 Å². The molecular formula is C18H21N3. The molecule has 1 aliphatic heterocycles. The number of fused-ring (bicyclic) bond motifs is 1. The van der Waals surface area contributed by atoms with Crippen LogP contribution in [0.25, 0.3) is 0 Å². The van der Waals surface area contributed by atoms with Crippen LogP contribution in [-0.2, 0) is 0 Å². The number of hydrogen-bond donors (Lipinski definition) is 1. The van der Waals surface area contributed by atoms with Crippen LogP contribution in [0.3, 0.4) is 0 Å². The summed E-state index contributed by atoms with van der Waals surface area (Å²) >= 11 is 0. The molecule has 1 aromatic heterocycles. The summed E-state index contributed by atoms with van der Waals surface area (Å²) in [6.45, 7) is 1.16. The van der Waals surface area contributed by atoms with Crippen molar-refractivity contribution in [2.45, 2.75) is 37.4 Å². The summed E-state index contributed by atoms with van der Waals surface area (Å²) in [6.07, 6.45) is 7.39. The van der Waals surface area contributed by atoms with Crippen molar-refractivity contribution in [2.24, 2.45) is 5.73 Å². The van der Waals surface area contributed by atoms with E-state index in [-0.39, 0.29) is 6.04 Å². The van der Waals surface area contributed by atoms with Gasteiger partial charge in [0.15, 0.2) is 0 Å². The van der Waals surface area contributed by atoms with Crippen LogP contribution < -0.4 is 5.73 Å². The summed E-state index contributed by atoms with van der Waals surface area (Å²) in [5.41, 5.74) is 10.5. The Kier molecular flexibility index (Phi) is 3.24. The summed E-state index contributed by atoms with van der Waals surface area (Å²) in [7, 11) is 0. The molecule has 3 nitrogen and oxygen atoms in total. The molecule has 1 aliphatic carbocycles. The van der Waals surface area contributed by atoms with Crippen LogP contribution >= 0.6 is 0 Å². The number of likely N-dealkylation sites (tertiary alicyclic amines) is 1. The molecule has 2 aliphatic rings. The summed E-state index contributed by atoms with van der Waals surface area (Å²) in [5.74, 6) is 0. The fourth-order valence-electron chi connectivity index (χ4n) is 4.05. The molecule has 0 saturated carbocycles. The van der Waals surface area contributed by atoms with Gasteiger partial charge >= 0.3 is 0 Å². The third-order valence-electron chi connectivity index (χ3n) is 5.00. The maximum atomic E-state index is 6.35. The molecule has 1 fully saturated rings. The molecular weight excluding hydrogens is 258 g/mol. The fraction of sp³-hybridized carbons (Fsp3) is 0.389. The lowest BCUT2D eigenvalue weighted by atomic mass is 10.0. The molecule has 2 aromatic rings. The molecule has 108 valence electrons. The van der Waals surface area contributed by atoms with E-state index < -0.39 is 0 Å². The molecule has 2 heterocycles. The number of nitrogens with zero attached hydrogens (tertiary/aromatic N) is 2. The normalized spacial score (nSPS) is 28.7. The zero-order valence-electron chi connectivity index (χ0n) is 12.2. The first-order valence-electron chi connectivity index (χ1n) is 7.84. The molecule has 4 rings (SSSR count). The Morgan fingerprint density at radius 2 is 1.90 bits per heavy atom. The molecule has 3 unspecified atom stereocenters. The van der Waals surface area contributed by atoms with Crippen LogP contribution in [0.1, 0.15) is 54.1 Å². The van der Waals surface area contributed by atoms with Gasteiger partial charge in [-0.1, -0.05) is 30.3 Å². The molecule has 21 heavy (non-hydrogen) atoms. The van der Waals surface area contributed by atoms with E-state index in [9.17, 15) is 0 Å². The van der Waals surface area contributed by atoms with E-state index in [1.54, 1.807) is 0 Å². The smallest absolute Gasteiger partial charge is 0.0375 e. The topological polar surface area (TPSA) is 42.1 Å². The first-order valence-corrected chi connectivity index (χ1v) is 7.84. The highest BCUT2D eigenvalue weighted by molar-refractivity contribution is 5.38. The quantitative estimate of drug-likeness (QED) is 0.916. The van der Waals surface area contributed by atoms with E-state index >= 15 is 0 Å². The van der Waals surface area contributed by atoms with Crippen molar-refractivity contribution in [3.05, 3.63) is 65.5 Å². The monoisotopic (exact) mass is 279 g/mol. The number of pyridine rings is 1. The Labute approximate surface area is 125 Å². The second-order valence-electron chi connectivity index (χ2n) is 6.17. The summed E-state index contributed by atoms with van der Waals surface area (Å²) in [4.78, 5) is 6.94. The van der Waals surface area contributed by atoms with E-state index in [2.05, 4.69) is 40.2 Å². The minimum atomic E-state index is 0.182. The van der Waals surface area contributed by atoms with Gasteiger partial charge in [0.25, 0.3) is 0 Å². The predicted molar refractivity (Wildman–Crippen MR) is 83.6 cm³/mol. The van der Waals surface area contributed by atoms with Crippen molar-refractivity contribution < 1.29 is 0 Å². The van der Waals surface area contributed by atoms with E-state index in [4.69, 9.17) is 5.73 Å². The third-order valence-corrected chi connectivity index (χ3v) is 5.00. The van der Waals surface area contributed by atoms with Gasteiger partial charge in [0, 0.05) is 30.5 Å². The number of hydrogen-bond acceptors (Lipinski definition) is 3. The maximum Gasteiger partial charge on any atom is 0.0375 e. The maximum absolute atomic E-state index is 6.35. The molecule has 3 atom stereocenters. The molecule has 0 radical (unpaired) electrons. The lowest BCUT2D eigenvalue weighted by Gasteiger charge is -2.31. The lowest BCUT2D eigenvalue weighted by molar-refractivity contribution is 0.175. The van der Waals surface area contributed by atoms with Crippen molar-refractivity contribution >= 4 is 0 Å². The van der Waals surface area contributed by atoms with Gasteiger partial charge in [0.05, 0.1) is 0 Å². The van der Waals surface area contributed by atoms with Crippen LogP contribution in [-0.4, -0.2) is 16.4 Å². The number of nitrogens with two attached hydrogens (primary N) is 1. The summed E-state index contributed by atoms with van der Waals surface area (Å²) < 4.78 is 0. The van der Waals surface area contributed by atoms with Crippen LogP contribution in [0.5, 0.6) is 0 Å². The average Bonchev–Trinajstić information content (AvgIpc) is 3.13. The van der Waals surface area contributed by atoms with Crippen LogP contribution in [0.4, 0.5) is 0 Å². The van der Waals surface area contributed by atoms with E-state index in [1.807, 2.05) is 18.5 Å². The fourth-order valence-corrected chi connectivity index (χ4v) is 4.05. The van der Waals surface area contributed by atoms with Gasteiger partial charge in [-0.15, -0.1) is 0 Å². The number of benzene rings is 1. The van der Waals surface area contributed by atoms with Crippen molar-refractivity contribution in [2.75, 3.05) is 6.54 Å². The second kappa shape index (κ2) is 5.24. The summed E-state index contributed by atoms with van der Waals surface area (Å²) in [5, 5.41) is 0. The standard InChI is InChI=1S/C18H21N3/c19-16-11-18(15-7-2-1-6-14(15)16)21-10-4-8-17(21)13-5-3-9-20-12-13/h1-3,5-7,9,12,16-18H,4,8,10-11,19H2. The number of rotatable bonds is 2. The van der Waals surface area contributed by atoms with Crippen molar-refractivity contribution in [3.8, 4) is 0 Å². The van der Waals surface area contributed by atoms with Gasteiger partial charge in [0.2, 0.25) is 0 Å². The van der Waals surface area contributed by atoms with Gasteiger partial charge < -0.3 is 5.73 Å². The van der Waals surface area contributed by atoms with E-state index in [0.29, 0.717) is 12.1 Å². The van der Waals surface area contributed by atoms with Crippen molar-refractivity contribution in [3.63, 3.8) is 0 Å². The highest BCUT2D eigenvalue weighted by Gasteiger charge is 2.38. The third kappa shape index (κ3) is 2.17. The average molecular weight is 279 g/mol. The van der Waals surface area contributed by atoms with Crippen LogP contribution in [0.15, 0.2) is 48.8 Å². The Bertz CT molecular complexity index is 625. The largest absolute Gasteiger partial charge is 0.324 e. The van der Waals surface area contributed by atoms with Gasteiger partial charge in [-0.05, 0) is 48.6 Å². The van der Waals surface area contributed by atoms with E-state index in [1.165, 1.54) is 29.5 Å².